The molecule has 1 N–H and O–H groups in total. The van der Waals surface area contributed by atoms with E-state index in [1.807, 2.05) is 51.1 Å². The van der Waals surface area contributed by atoms with Gasteiger partial charge in [-0.3, -0.25) is 0 Å². The van der Waals surface area contributed by atoms with Crippen molar-refractivity contribution in [2.75, 3.05) is 6.54 Å². The lowest BCUT2D eigenvalue weighted by Crippen LogP contribution is -2.32. The van der Waals surface area contributed by atoms with E-state index in [1.54, 1.807) is 11.8 Å². The zero-order valence-electron chi connectivity index (χ0n) is 14.3. The van der Waals surface area contributed by atoms with Crippen molar-refractivity contribution < 1.29 is 9.53 Å². The summed E-state index contributed by atoms with van der Waals surface area (Å²) in [6.07, 6.45) is 3.49. The van der Waals surface area contributed by atoms with Gasteiger partial charge in [0.05, 0.1) is 0 Å². The van der Waals surface area contributed by atoms with E-state index in [0.717, 1.165) is 5.56 Å². The number of alkyl carbamates (subject to hydrolysis) is 1. The molecular formula is C20H23NO2S. The van der Waals surface area contributed by atoms with Crippen molar-refractivity contribution in [1.29, 1.82) is 0 Å². The molecule has 0 saturated carbocycles. The van der Waals surface area contributed by atoms with Crippen LogP contribution in [0.1, 0.15) is 26.3 Å². The van der Waals surface area contributed by atoms with Crippen LogP contribution in [0.4, 0.5) is 4.79 Å². The van der Waals surface area contributed by atoms with Crippen LogP contribution in [0.3, 0.4) is 0 Å². The molecule has 0 atom stereocenters. The minimum absolute atomic E-state index is 0.401. The lowest BCUT2D eigenvalue weighted by molar-refractivity contribution is 0.0534. The highest BCUT2D eigenvalue weighted by atomic mass is 32.2. The summed E-state index contributed by atoms with van der Waals surface area (Å²) in [6.45, 7) is 5.97. The Morgan fingerprint density at radius 1 is 1.04 bits per heavy atom. The summed E-state index contributed by atoms with van der Waals surface area (Å²) in [6, 6.07) is 18.6. The molecule has 3 nitrogen and oxygen atoms in total. The Hall–Kier alpha value is -2.20. The lowest BCUT2D eigenvalue weighted by atomic mass is 10.2. The van der Waals surface area contributed by atoms with Crippen molar-refractivity contribution in [2.45, 2.75) is 36.2 Å². The van der Waals surface area contributed by atoms with Crippen molar-refractivity contribution >= 4 is 23.9 Å². The number of benzene rings is 2. The fourth-order valence-corrected chi connectivity index (χ4v) is 2.76. The van der Waals surface area contributed by atoms with Crippen LogP contribution in [0.15, 0.2) is 70.5 Å². The monoisotopic (exact) mass is 341 g/mol. The second-order valence-corrected chi connectivity index (χ2v) is 7.42. The quantitative estimate of drug-likeness (QED) is 0.794. The van der Waals surface area contributed by atoms with E-state index in [9.17, 15) is 4.79 Å². The Morgan fingerprint density at radius 2 is 1.67 bits per heavy atom. The van der Waals surface area contributed by atoms with Gasteiger partial charge in [0.1, 0.15) is 5.60 Å². The Bertz CT molecular complexity index is 673. The van der Waals surface area contributed by atoms with Crippen LogP contribution >= 0.6 is 11.8 Å². The smallest absolute Gasteiger partial charge is 0.407 e. The molecule has 0 aliphatic heterocycles. The van der Waals surface area contributed by atoms with Gasteiger partial charge in [0, 0.05) is 16.3 Å². The van der Waals surface area contributed by atoms with Gasteiger partial charge in [-0.1, -0.05) is 54.2 Å². The molecule has 2 aromatic rings. The summed E-state index contributed by atoms with van der Waals surface area (Å²) in [4.78, 5) is 13.9. The molecule has 0 bridgehead atoms. The van der Waals surface area contributed by atoms with Crippen LogP contribution in [0.5, 0.6) is 0 Å². The molecule has 0 aliphatic carbocycles. The Kier molecular flexibility index (Phi) is 6.50. The zero-order chi connectivity index (χ0) is 17.4. The average Bonchev–Trinajstić information content (AvgIpc) is 2.52. The first-order valence-electron chi connectivity index (χ1n) is 7.89. The molecule has 0 aromatic heterocycles. The van der Waals surface area contributed by atoms with E-state index in [4.69, 9.17) is 4.74 Å². The molecule has 0 fully saturated rings. The molecule has 126 valence electrons. The molecule has 0 saturated heterocycles. The Morgan fingerprint density at radius 3 is 2.29 bits per heavy atom. The van der Waals surface area contributed by atoms with E-state index in [-0.39, 0.29) is 0 Å². The maximum absolute atomic E-state index is 11.5. The van der Waals surface area contributed by atoms with Crippen molar-refractivity contribution in [3.05, 3.63) is 66.2 Å². The van der Waals surface area contributed by atoms with E-state index >= 15 is 0 Å². The second kappa shape index (κ2) is 8.60. The van der Waals surface area contributed by atoms with Crippen LogP contribution in [0, 0.1) is 0 Å². The van der Waals surface area contributed by atoms with Crippen molar-refractivity contribution in [1.82, 2.24) is 5.32 Å². The summed E-state index contributed by atoms with van der Waals surface area (Å²) < 4.78 is 5.18. The summed E-state index contributed by atoms with van der Waals surface area (Å²) in [5.41, 5.74) is 0.624. The standard InChI is InChI=1S/C20H23NO2S/c1-20(2,3)23-19(22)21-15-7-8-16-11-13-18(14-12-16)24-17-9-5-4-6-10-17/h4-14H,15H2,1-3H3,(H,21,22). The predicted octanol–water partition coefficient (Wildman–Crippen LogP) is 5.38. The lowest BCUT2D eigenvalue weighted by Gasteiger charge is -2.19. The number of hydrogen-bond donors (Lipinski definition) is 1. The molecule has 0 heterocycles. The second-order valence-electron chi connectivity index (χ2n) is 6.27. The van der Waals surface area contributed by atoms with Crippen LogP contribution < -0.4 is 5.32 Å². The topological polar surface area (TPSA) is 38.3 Å². The Labute approximate surface area is 148 Å². The first kappa shape index (κ1) is 18.1. The SMILES string of the molecule is CC(C)(C)OC(=O)NCC=Cc1ccc(Sc2ccccc2)cc1. The summed E-state index contributed by atoms with van der Waals surface area (Å²) in [5.74, 6) is 0. The molecular weight excluding hydrogens is 318 g/mol. The molecule has 2 rings (SSSR count). The minimum atomic E-state index is -0.472. The van der Waals surface area contributed by atoms with Gasteiger partial charge in [0.15, 0.2) is 0 Å². The highest BCUT2D eigenvalue weighted by Gasteiger charge is 2.14. The first-order valence-corrected chi connectivity index (χ1v) is 8.70. The van der Waals surface area contributed by atoms with Crippen molar-refractivity contribution in [3.63, 3.8) is 0 Å². The largest absolute Gasteiger partial charge is 0.444 e. The summed E-state index contributed by atoms with van der Waals surface area (Å²) in [5, 5.41) is 2.70. The van der Waals surface area contributed by atoms with Crippen LogP contribution in [0.2, 0.25) is 0 Å². The first-order chi connectivity index (χ1) is 11.4. The average molecular weight is 341 g/mol. The fraction of sp³-hybridized carbons (Fsp3) is 0.250. The molecule has 0 unspecified atom stereocenters. The van der Waals surface area contributed by atoms with Gasteiger partial charge in [0.2, 0.25) is 0 Å². The number of ether oxygens (including phenoxy) is 1. The van der Waals surface area contributed by atoms with Gasteiger partial charge in [-0.05, 0) is 50.6 Å². The Balaban J connectivity index is 1.80. The van der Waals surface area contributed by atoms with Gasteiger partial charge >= 0.3 is 6.09 Å². The maximum Gasteiger partial charge on any atom is 0.407 e. The number of amides is 1. The minimum Gasteiger partial charge on any atom is -0.444 e. The van der Waals surface area contributed by atoms with Crippen molar-refractivity contribution in [2.24, 2.45) is 0 Å². The van der Waals surface area contributed by atoms with Gasteiger partial charge in [-0.25, -0.2) is 4.79 Å². The summed E-state index contributed by atoms with van der Waals surface area (Å²) in [7, 11) is 0. The van der Waals surface area contributed by atoms with Gasteiger partial charge < -0.3 is 10.1 Å². The number of hydrogen-bond acceptors (Lipinski definition) is 3. The summed E-state index contributed by atoms with van der Waals surface area (Å²) >= 11 is 1.74. The number of nitrogens with one attached hydrogen (secondary N) is 1. The fourth-order valence-electron chi connectivity index (χ4n) is 1.92. The molecule has 0 spiro atoms. The highest BCUT2D eigenvalue weighted by Crippen LogP contribution is 2.27. The van der Waals surface area contributed by atoms with Crippen LogP contribution in [-0.2, 0) is 4.74 Å². The van der Waals surface area contributed by atoms with Crippen molar-refractivity contribution in [3.8, 4) is 0 Å². The van der Waals surface area contributed by atoms with Crippen LogP contribution in [0.25, 0.3) is 6.08 Å². The highest BCUT2D eigenvalue weighted by molar-refractivity contribution is 7.99. The normalized spacial score (nSPS) is 11.5. The predicted molar refractivity (Wildman–Crippen MR) is 100 cm³/mol. The molecule has 0 radical (unpaired) electrons. The number of carbonyl (C=O) groups excluding carboxylic acids is 1. The molecule has 1 amide bonds. The third kappa shape index (κ3) is 6.92. The molecule has 0 aliphatic rings. The van der Waals surface area contributed by atoms with E-state index in [2.05, 4.69) is 41.7 Å². The maximum atomic E-state index is 11.5. The van der Waals surface area contributed by atoms with Gasteiger partial charge in [0.25, 0.3) is 0 Å². The zero-order valence-corrected chi connectivity index (χ0v) is 15.1. The van der Waals surface area contributed by atoms with Crippen LogP contribution in [-0.4, -0.2) is 18.2 Å². The molecule has 4 heteroatoms. The van der Waals surface area contributed by atoms with E-state index in [1.165, 1.54) is 9.79 Å². The van der Waals surface area contributed by atoms with E-state index in [0.29, 0.717) is 6.54 Å². The van der Waals surface area contributed by atoms with E-state index < -0.39 is 11.7 Å². The third-order valence-electron chi connectivity index (χ3n) is 2.93. The van der Waals surface area contributed by atoms with Gasteiger partial charge in [-0.2, -0.15) is 0 Å². The van der Waals surface area contributed by atoms with Gasteiger partial charge in [-0.15, -0.1) is 0 Å². The molecule has 24 heavy (non-hydrogen) atoms. The number of carbonyl (C=O) groups is 1. The number of rotatable bonds is 5. The third-order valence-corrected chi connectivity index (χ3v) is 3.95. The molecule has 2 aromatic carbocycles.